The van der Waals surface area contributed by atoms with Gasteiger partial charge in [0.15, 0.2) is 0 Å². The molecule has 0 aliphatic carbocycles. The van der Waals surface area contributed by atoms with Gasteiger partial charge in [-0.3, -0.25) is 14.4 Å². The Hall–Kier alpha value is -2.99. The lowest BCUT2D eigenvalue weighted by molar-refractivity contribution is -0.143. The molecule has 0 fully saturated rings. The van der Waals surface area contributed by atoms with E-state index in [1.54, 1.807) is 13.8 Å². The molecule has 3 unspecified atom stereocenters. The molecule has 0 aromatic carbocycles. The van der Waals surface area contributed by atoms with E-state index in [-0.39, 0.29) is 13.0 Å². The number of nitrogens with one attached hydrogen (secondary N) is 4. The maximum atomic E-state index is 12.5. The lowest BCUT2D eigenvalue weighted by atomic mass is 10.0. The number of carboxylic acids is 1. The smallest absolute Gasteiger partial charge is 0.326 e. The molecule has 3 atom stereocenters. The van der Waals surface area contributed by atoms with Gasteiger partial charge in [-0.1, -0.05) is 13.8 Å². The highest BCUT2D eigenvalue weighted by atomic mass is 16.4. The van der Waals surface area contributed by atoms with Crippen molar-refractivity contribution in [3.05, 3.63) is 18.2 Å². The van der Waals surface area contributed by atoms with Crippen LogP contribution >= 0.6 is 0 Å². The molecule has 12 heteroatoms. The van der Waals surface area contributed by atoms with E-state index in [4.69, 9.17) is 10.8 Å². The maximum Gasteiger partial charge on any atom is 0.326 e. The number of aliphatic hydroxyl groups excluding tert-OH is 1. The number of aromatic nitrogens is 2. The molecule has 3 amide bonds. The average Bonchev–Trinajstić information content (AvgIpc) is 3.15. The summed E-state index contributed by atoms with van der Waals surface area (Å²) in [6.45, 7) is 2.11. The van der Waals surface area contributed by atoms with Gasteiger partial charge in [0.1, 0.15) is 18.1 Å². The van der Waals surface area contributed by atoms with Crippen molar-refractivity contribution in [1.82, 2.24) is 25.9 Å². The quantitative estimate of drug-likeness (QED) is 0.206. The Bertz CT molecular complexity index is 677. The molecule has 0 saturated heterocycles. The van der Waals surface area contributed by atoms with Crippen LogP contribution in [0.15, 0.2) is 12.5 Å². The van der Waals surface area contributed by atoms with Crippen molar-refractivity contribution in [3.8, 4) is 0 Å². The highest BCUT2D eigenvalue weighted by molar-refractivity contribution is 5.93. The molecule has 0 bridgehead atoms. The van der Waals surface area contributed by atoms with Gasteiger partial charge < -0.3 is 36.9 Å². The fourth-order valence-corrected chi connectivity index (χ4v) is 2.31. The molecule has 0 aliphatic heterocycles. The van der Waals surface area contributed by atoms with Crippen LogP contribution in [0.25, 0.3) is 0 Å². The Morgan fingerprint density at radius 1 is 1.14 bits per heavy atom. The maximum absolute atomic E-state index is 12.5. The first-order chi connectivity index (χ1) is 13.2. The number of carbonyl (C=O) groups excluding carboxylic acids is 3. The number of amides is 3. The number of carboxylic acid groups (broad SMARTS) is 1. The molecule has 1 aromatic rings. The minimum Gasteiger partial charge on any atom is -0.480 e. The summed E-state index contributed by atoms with van der Waals surface area (Å²) in [5.41, 5.74) is 5.81. The van der Waals surface area contributed by atoms with E-state index >= 15 is 0 Å². The van der Waals surface area contributed by atoms with E-state index in [1.807, 2.05) is 0 Å². The van der Waals surface area contributed by atoms with E-state index in [9.17, 15) is 24.3 Å². The summed E-state index contributed by atoms with van der Waals surface area (Å²) in [6.07, 6.45) is 2.91. The number of H-pyrrole nitrogens is 1. The Balaban J connectivity index is 2.84. The second-order valence-electron chi connectivity index (χ2n) is 6.42. The second kappa shape index (κ2) is 11.0. The molecule has 1 rings (SSSR count). The first-order valence-electron chi connectivity index (χ1n) is 8.60. The van der Waals surface area contributed by atoms with Crippen molar-refractivity contribution < 1.29 is 29.4 Å². The van der Waals surface area contributed by atoms with Gasteiger partial charge in [0, 0.05) is 18.3 Å². The van der Waals surface area contributed by atoms with Crippen LogP contribution in [-0.4, -0.2) is 75.1 Å². The Kier molecular flexibility index (Phi) is 9.05. The second-order valence-corrected chi connectivity index (χ2v) is 6.42. The number of hydrogen-bond donors (Lipinski definition) is 7. The molecule has 1 aromatic heterocycles. The number of imidazole rings is 1. The number of aromatic amines is 1. The minimum atomic E-state index is -1.40. The van der Waals surface area contributed by atoms with Crippen molar-refractivity contribution in [2.24, 2.45) is 11.7 Å². The molecular formula is C16H26N6O6. The first kappa shape index (κ1) is 23.0. The predicted molar refractivity (Wildman–Crippen MR) is 96.7 cm³/mol. The van der Waals surface area contributed by atoms with Crippen LogP contribution in [0.2, 0.25) is 0 Å². The third-order valence-electron chi connectivity index (χ3n) is 3.86. The fourth-order valence-electron chi connectivity index (χ4n) is 2.31. The molecule has 1 heterocycles. The summed E-state index contributed by atoms with van der Waals surface area (Å²) in [5.74, 6) is -3.84. The molecule has 12 nitrogen and oxygen atoms in total. The van der Waals surface area contributed by atoms with Crippen molar-refractivity contribution in [2.45, 2.75) is 38.4 Å². The zero-order valence-corrected chi connectivity index (χ0v) is 15.6. The number of aliphatic hydroxyl groups is 1. The van der Waals surface area contributed by atoms with Crippen LogP contribution < -0.4 is 21.7 Å². The lowest BCUT2D eigenvalue weighted by Gasteiger charge is -2.24. The molecule has 156 valence electrons. The molecule has 0 aliphatic rings. The van der Waals surface area contributed by atoms with Crippen LogP contribution in [0.3, 0.4) is 0 Å². The van der Waals surface area contributed by atoms with Crippen LogP contribution in [0.5, 0.6) is 0 Å². The summed E-state index contributed by atoms with van der Waals surface area (Å²) < 4.78 is 0. The molecule has 28 heavy (non-hydrogen) atoms. The molecule has 8 N–H and O–H groups in total. The van der Waals surface area contributed by atoms with Gasteiger partial charge in [-0.15, -0.1) is 0 Å². The van der Waals surface area contributed by atoms with Crippen LogP contribution in [0, 0.1) is 5.92 Å². The highest BCUT2D eigenvalue weighted by Gasteiger charge is 2.30. The number of aliphatic carboxylic acids is 1. The SMILES string of the molecule is CC(C)C(NC(=O)C(CO)NC(=O)C(Cc1cnc[nH]1)NC(=O)CN)C(=O)O. The van der Waals surface area contributed by atoms with Gasteiger partial charge in [-0.05, 0) is 5.92 Å². The standard InChI is InChI=1S/C16H26N6O6/c1-8(2)13(16(27)28)22-15(26)11(6-23)21-14(25)10(20-12(24)4-17)3-9-5-18-7-19-9/h5,7-8,10-11,13,23H,3-4,6,17H2,1-2H3,(H,18,19)(H,20,24)(H,21,25)(H,22,26)(H,27,28). The van der Waals surface area contributed by atoms with Gasteiger partial charge in [0.05, 0.1) is 19.5 Å². The summed E-state index contributed by atoms with van der Waals surface area (Å²) in [6, 6.07) is -3.66. The average molecular weight is 398 g/mol. The largest absolute Gasteiger partial charge is 0.480 e. The Morgan fingerprint density at radius 3 is 2.25 bits per heavy atom. The van der Waals surface area contributed by atoms with E-state index in [1.165, 1.54) is 12.5 Å². The normalized spacial score (nSPS) is 14.0. The molecular weight excluding hydrogens is 372 g/mol. The monoisotopic (exact) mass is 398 g/mol. The summed E-state index contributed by atoms with van der Waals surface area (Å²) >= 11 is 0. The van der Waals surface area contributed by atoms with E-state index in [0.717, 1.165) is 0 Å². The number of nitrogens with zero attached hydrogens (tertiary/aromatic N) is 1. The van der Waals surface area contributed by atoms with Crippen molar-refractivity contribution >= 4 is 23.7 Å². The van der Waals surface area contributed by atoms with Gasteiger partial charge in [-0.25, -0.2) is 9.78 Å². The van der Waals surface area contributed by atoms with Gasteiger partial charge in [0.2, 0.25) is 17.7 Å². The summed E-state index contributed by atoms with van der Waals surface area (Å²) in [5, 5.41) is 25.6. The molecule has 0 spiro atoms. The van der Waals surface area contributed by atoms with Crippen LogP contribution in [0.4, 0.5) is 0 Å². The number of carbonyl (C=O) groups is 4. The zero-order valence-electron chi connectivity index (χ0n) is 15.6. The number of hydrogen-bond acceptors (Lipinski definition) is 7. The van der Waals surface area contributed by atoms with E-state index in [0.29, 0.717) is 5.69 Å². The van der Waals surface area contributed by atoms with E-state index in [2.05, 4.69) is 25.9 Å². The highest BCUT2D eigenvalue weighted by Crippen LogP contribution is 2.03. The Labute approximate surface area is 161 Å². The van der Waals surface area contributed by atoms with Gasteiger partial charge in [0.25, 0.3) is 0 Å². The fraction of sp³-hybridized carbons (Fsp3) is 0.562. The molecule has 0 saturated carbocycles. The number of rotatable bonds is 11. The van der Waals surface area contributed by atoms with E-state index < -0.39 is 54.3 Å². The summed E-state index contributed by atoms with van der Waals surface area (Å²) in [7, 11) is 0. The lowest BCUT2D eigenvalue weighted by Crippen LogP contribution is -2.58. The predicted octanol–water partition coefficient (Wildman–Crippen LogP) is -2.90. The number of nitrogens with two attached hydrogens (primary N) is 1. The topological polar surface area (TPSA) is 200 Å². The first-order valence-corrected chi connectivity index (χ1v) is 8.60. The van der Waals surface area contributed by atoms with Crippen molar-refractivity contribution in [3.63, 3.8) is 0 Å². The van der Waals surface area contributed by atoms with Crippen molar-refractivity contribution in [1.29, 1.82) is 0 Å². The minimum absolute atomic E-state index is 0.0427. The third kappa shape index (κ3) is 6.96. The van der Waals surface area contributed by atoms with Gasteiger partial charge in [-0.2, -0.15) is 0 Å². The Morgan fingerprint density at radius 2 is 1.79 bits per heavy atom. The van der Waals surface area contributed by atoms with Crippen molar-refractivity contribution in [2.75, 3.05) is 13.2 Å². The van der Waals surface area contributed by atoms with Crippen LogP contribution in [-0.2, 0) is 25.6 Å². The zero-order chi connectivity index (χ0) is 21.3. The van der Waals surface area contributed by atoms with Crippen LogP contribution in [0.1, 0.15) is 19.5 Å². The third-order valence-corrected chi connectivity index (χ3v) is 3.86. The van der Waals surface area contributed by atoms with Gasteiger partial charge >= 0.3 is 5.97 Å². The molecule has 0 radical (unpaired) electrons. The summed E-state index contributed by atoms with van der Waals surface area (Å²) in [4.78, 5) is 54.2.